The maximum atomic E-state index is 12.9. The second kappa shape index (κ2) is 8.44. The molecule has 1 atom stereocenters. The van der Waals surface area contributed by atoms with Gasteiger partial charge in [-0.05, 0) is 61.9 Å². The molecule has 0 saturated heterocycles. The Hall–Kier alpha value is -4.30. The van der Waals surface area contributed by atoms with Gasteiger partial charge in [0.15, 0.2) is 5.43 Å². The van der Waals surface area contributed by atoms with E-state index in [1.807, 2.05) is 32.0 Å². The van der Waals surface area contributed by atoms with E-state index in [4.69, 9.17) is 10.8 Å². The molecule has 0 spiro atoms. The number of carboxylic acid groups (broad SMARTS) is 1. The number of aromatic carboxylic acids is 1. The van der Waals surface area contributed by atoms with Crippen molar-refractivity contribution in [2.75, 3.05) is 5.32 Å². The lowest BCUT2D eigenvalue weighted by Crippen LogP contribution is -2.12. The molecule has 1 heterocycles. The highest BCUT2D eigenvalue weighted by molar-refractivity contribution is 5.94. The van der Waals surface area contributed by atoms with Crippen molar-refractivity contribution in [2.45, 2.75) is 19.9 Å². The Bertz CT molecular complexity index is 1430. The highest BCUT2D eigenvalue weighted by atomic mass is 16.4. The average molecular weight is 423 g/mol. The molecule has 0 aliphatic carbocycles. The van der Waals surface area contributed by atoms with Gasteiger partial charge in [-0.25, -0.2) is 4.79 Å². The standard InChI is InChI=1S/C27H21NO4/c1-4-18-9-11-19(12-10-18)25-15-24(29)22-14-16(2)13-21(26(22)32-25)17(3)28-23-8-6-5-7-20(23)27(30)31/h1,5-15,17,28H,2-3H3,(H,30,31). The summed E-state index contributed by atoms with van der Waals surface area (Å²) in [5.74, 6) is 1.99. The largest absolute Gasteiger partial charge is 0.478 e. The molecule has 0 fully saturated rings. The minimum atomic E-state index is -1.02. The first-order chi connectivity index (χ1) is 15.4. The van der Waals surface area contributed by atoms with Gasteiger partial charge in [0.1, 0.15) is 11.3 Å². The van der Waals surface area contributed by atoms with Crippen LogP contribution in [0.4, 0.5) is 5.69 Å². The van der Waals surface area contributed by atoms with Gasteiger partial charge in [-0.3, -0.25) is 4.79 Å². The molecule has 2 N–H and O–H groups in total. The molecule has 0 bridgehead atoms. The van der Waals surface area contributed by atoms with E-state index in [0.29, 0.717) is 22.4 Å². The molecule has 32 heavy (non-hydrogen) atoms. The maximum absolute atomic E-state index is 12.9. The van der Waals surface area contributed by atoms with Crippen LogP contribution in [0.25, 0.3) is 22.3 Å². The van der Waals surface area contributed by atoms with E-state index in [2.05, 4.69) is 11.2 Å². The smallest absolute Gasteiger partial charge is 0.337 e. The first kappa shape index (κ1) is 21.0. The molecule has 0 amide bonds. The molecule has 5 nitrogen and oxygen atoms in total. The van der Waals surface area contributed by atoms with Crippen LogP contribution in [-0.4, -0.2) is 11.1 Å². The van der Waals surface area contributed by atoms with Gasteiger partial charge in [0.2, 0.25) is 0 Å². The van der Waals surface area contributed by atoms with Crippen LogP contribution in [0.3, 0.4) is 0 Å². The first-order valence-electron chi connectivity index (χ1n) is 10.1. The zero-order chi connectivity index (χ0) is 22.8. The third-order valence-electron chi connectivity index (χ3n) is 5.33. The van der Waals surface area contributed by atoms with Crippen molar-refractivity contribution in [3.05, 3.63) is 99.2 Å². The Morgan fingerprint density at radius 2 is 1.81 bits per heavy atom. The van der Waals surface area contributed by atoms with Crippen LogP contribution in [0.15, 0.2) is 75.9 Å². The maximum Gasteiger partial charge on any atom is 0.337 e. The molecule has 3 aromatic carbocycles. The van der Waals surface area contributed by atoms with Crippen LogP contribution in [0.2, 0.25) is 0 Å². The lowest BCUT2D eigenvalue weighted by Gasteiger charge is -2.19. The van der Waals surface area contributed by atoms with Crippen LogP contribution in [0.1, 0.15) is 40.0 Å². The Labute approximate surface area is 185 Å². The van der Waals surface area contributed by atoms with E-state index in [-0.39, 0.29) is 17.0 Å². The van der Waals surface area contributed by atoms with Gasteiger partial charge in [0, 0.05) is 28.4 Å². The predicted octanol–water partition coefficient (Wildman–Crippen LogP) is 5.62. The minimum Gasteiger partial charge on any atom is -0.478 e. The van der Waals surface area contributed by atoms with Crippen molar-refractivity contribution < 1.29 is 14.3 Å². The number of anilines is 1. The lowest BCUT2D eigenvalue weighted by molar-refractivity contribution is 0.0698. The molecule has 4 rings (SSSR count). The van der Waals surface area contributed by atoms with Crippen LogP contribution in [0, 0.1) is 19.3 Å². The highest BCUT2D eigenvalue weighted by Crippen LogP contribution is 2.31. The summed E-state index contributed by atoms with van der Waals surface area (Å²) < 4.78 is 6.22. The van der Waals surface area contributed by atoms with Crippen molar-refractivity contribution in [1.82, 2.24) is 0 Å². The summed E-state index contributed by atoms with van der Waals surface area (Å²) in [7, 11) is 0. The SMILES string of the molecule is C#Cc1ccc(-c2cc(=O)c3cc(C)cc(C(C)Nc4ccccc4C(=O)O)c3o2)cc1. The summed E-state index contributed by atoms with van der Waals surface area (Å²) in [6, 6.07) is 18.8. The minimum absolute atomic E-state index is 0.148. The number of carbonyl (C=O) groups is 1. The van der Waals surface area contributed by atoms with Gasteiger partial charge in [-0.1, -0.05) is 24.1 Å². The number of hydrogen-bond donors (Lipinski definition) is 2. The van der Waals surface area contributed by atoms with Gasteiger partial charge in [0.05, 0.1) is 17.0 Å². The quantitative estimate of drug-likeness (QED) is 0.407. The zero-order valence-electron chi connectivity index (χ0n) is 17.7. The van der Waals surface area contributed by atoms with E-state index < -0.39 is 5.97 Å². The Kier molecular flexibility index (Phi) is 5.53. The second-order valence-corrected chi connectivity index (χ2v) is 7.64. The molecule has 0 aliphatic rings. The molecule has 4 aromatic rings. The van der Waals surface area contributed by atoms with E-state index in [1.54, 1.807) is 42.5 Å². The van der Waals surface area contributed by atoms with E-state index in [9.17, 15) is 14.7 Å². The third-order valence-corrected chi connectivity index (χ3v) is 5.33. The highest BCUT2D eigenvalue weighted by Gasteiger charge is 2.18. The topological polar surface area (TPSA) is 79.5 Å². The van der Waals surface area contributed by atoms with Crippen LogP contribution in [0.5, 0.6) is 0 Å². The first-order valence-corrected chi connectivity index (χ1v) is 10.1. The fourth-order valence-electron chi connectivity index (χ4n) is 3.74. The molecule has 0 radical (unpaired) electrons. The number of aryl methyl sites for hydroxylation is 1. The molecule has 0 aliphatic heterocycles. The van der Waals surface area contributed by atoms with Gasteiger partial charge in [0.25, 0.3) is 0 Å². The molecule has 5 heteroatoms. The second-order valence-electron chi connectivity index (χ2n) is 7.64. The number of carboxylic acids is 1. The molecule has 0 saturated carbocycles. The van der Waals surface area contributed by atoms with Crippen molar-refractivity contribution in [2.24, 2.45) is 0 Å². The van der Waals surface area contributed by atoms with E-state index in [0.717, 1.165) is 22.3 Å². The van der Waals surface area contributed by atoms with Crippen molar-refractivity contribution in [3.8, 4) is 23.7 Å². The van der Waals surface area contributed by atoms with E-state index in [1.165, 1.54) is 6.07 Å². The number of rotatable bonds is 5. The summed E-state index contributed by atoms with van der Waals surface area (Å²) in [4.78, 5) is 24.5. The van der Waals surface area contributed by atoms with Crippen LogP contribution in [-0.2, 0) is 0 Å². The summed E-state index contributed by atoms with van der Waals surface area (Å²) in [5, 5.41) is 13.2. The van der Waals surface area contributed by atoms with Gasteiger partial charge < -0.3 is 14.8 Å². The van der Waals surface area contributed by atoms with Crippen LogP contribution < -0.4 is 10.7 Å². The van der Waals surface area contributed by atoms with Gasteiger partial charge in [-0.15, -0.1) is 6.42 Å². The number of nitrogens with one attached hydrogen (secondary N) is 1. The summed E-state index contributed by atoms with van der Waals surface area (Å²) in [6.45, 7) is 3.81. The number of hydrogen-bond acceptors (Lipinski definition) is 4. The normalized spacial score (nSPS) is 11.7. The van der Waals surface area contributed by atoms with Crippen molar-refractivity contribution in [1.29, 1.82) is 0 Å². The number of para-hydroxylation sites is 1. The molecule has 1 unspecified atom stereocenters. The van der Waals surface area contributed by atoms with E-state index >= 15 is 0 Å². The number of terminal acetylenes is 1. The number of fused-ring (bicyclic) bond motifs is 1. The molecule has 1 aromatic heterocycles. The lowest BCUT2D eigenvalue weighted by atomic mass is 10.00. The summed E-state index contributed by atoms with van der Waals surface area (Å²) in [6.07, 6.45) is 5.43. The van der Waals surface area contributed by atoms with Gasteiger partial charge >= 0.3 is 5.97 Å². The van der Waals surface area contributed by atoms with Gasteiger partial charge in [-0.2, -0.15) is 0 Å². The summed E-state index contributed by atoms with van der Waals surface area (Å²) in [5.41, 5.74) is 4.13. The third kappa shape index (κ3) is 3.99. The Morgan fingerprint density at radius 1 is 1.09 bits per heavy atom. The molecular formula is C27H21NO4. The van der Waals surface area contributed by atoms with Crippen molar-refractivity contribution in [3.63, 3.8) is 0 Å². The Balaban J connectivity index is 1.83. The average Bonchev–Trinajstić information content (AvgIpc) is 2.79. The fraction of sp³-hybridized carbons (Fsp3) is 0.111. The monoisotopic (exact) mass is 423 g/mol. The van der Waals surface area contributed by atoms with Crippen LogP contribution >= 0.6 is 0 Å². The molecule has 158 valence electrons. The van der Waals surface area contributed by atoms with Crippen molar-refractivity contribution >= 4 is 22.6 Å². The Morgan fingerprint density at radius 3 is 2.50 bits per heavy atom. The zero-order valence-corrected chi connectivity index (χ0v) is 17.7. The molecular weight excluding hydrogens is 402 g/mol. The predicted molar refractivity (Wildman–Crippen MR) is 126 cm³/mol. The number of benzene rings is 3. The fourth-order valence-corrected chi connectivity index (χ4v) is 3.74. The summed E-state index contributed by atoms with van der Waals surface area (Å²) >= 11 is 0.